The summed E-state index contributed by atoms with van der Waals surface area (Å²) in [4.78, 5) is 0. The lowest BCUT2D eigenvalue weighted by atomic mass is 9.82. The summed E-state index contributed by atoms with van der Waals surface area (Å²) in [5, 5.41) is 9.99. The van der Waals surface area contributed by atoms with E-state index in [2.05, 4.69) is 231 Å². The molecule has 0 aliphatic rings. The molecule has 0 saturated heterocycles. The summed E-state index contributed by atoms with van der Waals surface area (Å²) in [5.74, 6) is 0. The van der Waals surface area contributed by atoms with Crippen LogP contribution in [0.1, 0.15) is 0 Å². The van der Waals surface area contributed by atoms with Crippen LogP contribution >= 0.6 is 0 Å². The highest BCUT2D eigenvalue weighted by Gasteiger charge is 2.20. The van der Waals surface area contributed by atoms with Crippen LogP contribution in [0, 0.1) is 0 Å². The first-order chi connectivity index (χ1) is 28.8. The van der Waals surface area contributed by atoms with Crippen molar-refractivity contribution in [1.29, 1.82) is 0 Å². The number of fused-ring (bicyclic) bond motifs is 4. The van der Waals surface area contributed by atoms with Gasteiger partial charge in [-0.15, -0.1) is 0 Å². The Hall–Kier alpha value is -7.54. The van der Waals surface area contributed by atoms with Gasteiger partial charge in [-0.2, -0.15) is 0 Å². The third kappa shape index (κ3) is 5.86. The lowest BCUT2D eigenvalue weighted by Crippen LogP contribution is -1.94. The maximum atomic E-state index is 2.43. The van der Waals surface area contributed by atoms with Gasteiger partial charge < -0.3 is 0 Å². The quantitative estimate of drug-likeness (QED) is 0.149. The van der Waals surface area contributed by atoms with E-state index < -0.39 is 0 Å². The van der Waals surface area contributed by atoms with Crippen molar-refractivity contribution in [3.63, 3.8) is 0 Å². The van der Waals surface area contributed by atoms with Crippen molar-refractivity contribution in [2.24, 2.45) is 0 Å². The minimum absolute atomic E-state index is 1.19. The average molecular weight is 735 g/mol. The predicted molar refractivity (Wildman–Crippen MR) is 249 cm³/mol. The molecular formula is C58H38. The van der Waals surface area contributed by atoms with E-state index in [-0.39, 0.29) is 0 Å². The van der Waals surface area contributed by atoms with E-state index in [4.69, 9.17) is 0 Å². The molecule has 0 fully saturated rings. The molecule has 270 valence electrons. The molecule has 0 radical (unpaired) electrons. The Balaban J connectivity index is 1.14. The van der Waals surface area contributed by atoms with Crippen molar-refractivity contribution in [3.05, 3.63) is 231 Å². The van der Waals surface area contributed by atoms with Crippen molar-refractivity contribution < 1.29 is 0 Å². The fourth-order valence-electron chi connectivity index (χ4n) is 9.08. The van der Waals surface area contributed by atoms with Crippen molar-refractivity contribution in [1.82, 2.24) is 0 Å². The molecule has 0 heterocycles. The van der Waals surface area contributed by atoms with E-state index in [9.17, 15) is 0 Å². The summed E-state index contributed by atoms with van der Waals surface area (Å²) < 4.78 is 0. The molecule has 0 aliphatic heterocycles. The Morgan fingerprint density at radius 1 is 0.172 bits per heavy atom. The molecular weight excluding hydrogens is 697 g/mol. The Bertz CT molecular complexity index is 3260. The third-order valence-electron chi connectivity index (χ3n) is 11.8. The molecule has 58 heavy (non-hydrogen) atoms. The third-order valence-corrected chi connectivity index (χ3v) is 11.8. The van der Waals surface area contributed by atoms with Crippen LogP contribution in [0.3, 0.4) is 0 Å². The highest BCUT2D eigenvalue weighted by atomic mass is 14.2. The van der Waals surface area contributed by atoms with Crippen LogP contribution in [0.5, 0.6) is 0 Å². The van der Waals surface area contributed by atoms with E-state index in [0.29, 0.717) is 0 Å². The highest BCUT2D eigenvalue weighted by Crippen LogP contribution is 2.47. The molecule has 0 N–H and O–H groups in total. The maximum Gasteiger partial charge on any atom is -0.00199 e. The Kier molecular flexibility index (Phi) is 8.26. The van der Waals surface area contributed by atoms with Crippen LogP contribution in [0.25, 0.3) is 110 Å². The summed E-state index contributed by atoms with van der Waals surface area (Å²) in [6, 6.07) is 84.6. The van der Waals surface area contributed by atoms with Crippen molar-refractivity contribution in [3.8, 4) is 66.8 Å². The zero-order chi connectivity index (χ0) is 38.4. The minimum atomic E-state index is 1.19. The zero-order valence-electron chi connectivity index (χ0n) is 31.9. The lowest BCUT2D eigenvalue weighted by molar-refractivity contribution is 1.57. The van der Waals surface area contributed by atoms with Crippen LogP contribution in [0.15, 0.2) is 231 Å². The standard InChI is InChI=1S/C58H38/c1-3-15-39(16-4-1)42-21-13-22-43(35-42)46-33-34-51(48-32-30-44-36-47(31-29-45(44)37-48)50-28-14-20-40-17-7-8-23-49(40)50)56(38-46)58-54-26-11-9-24-52(54)57(41-18-5-2-6-19-41)53-25-10-12-27-55(53)58/h1-38H. The van der Waals surface area contributed by atoms with E-state index in [0.717, 1.165) is 0 Å². The van der Waals surface area contributed by atoms with Gasteiger partial charge in [-0.25, -0.2) is 0 Å². The SMILES string of the molecule is c1ccc(-c2cccc(-c3ccc(-c4ccc5cc(-c6cccc7ccccc67)ccc5c4)c(-c4c5ccccc5c(-c5ccccc5)c5ccccc45)c3)c2)cc1. The molecule has 0 heteroatoms. The highest BCUT2D eigenvalue weighted by molar-refractivity contribution is 6.22. The summed E-state index contributed by atoms with van der Waals surface area (Å²) in [6.45, 7) is 0. The average Bonchev–Trinajstić information content (AvgIpc) is 3.30. The first-order valence-electron chi connectivity index (χ1n) is 20.1. The lowest BCUT2D eigenvalue weighted by Gasteiger charge is -2.21. The van der Waals surface area contributed by atoms with Gasteiger partial charge in [0.1, 0.15) is 0 Å². The summed E-state index contributed by atoms with van der Waals surface area (Å²) in [7, 11) is 0. The molecule has 0 aromatic heterocycles. The number of hydrogen-bond donors (Lipinski definition) is 0. The summed E-state index contributed by atoms with van der Waals surface area (Å²) in [5.41, 5.74) is 14.7. The normalized spacial score (nSPS) is 11.4. The molecule has 0 spiro atoms. The first kappa shape index (κ1) is 33.8. The van der Waals surface area contributed by atoms with Gasteiger partial charge in [-0.05, 0) is 134 Å². The van der Waals surface area contributed by atoms with Crippen LogP contribution in [-0.4, -0.2) is 0 Å². The van der Waals surface area contributed by atoms with Crippen molar-refractivity contribution >= 4 is 43.1 Å². The zero-order valence-corrected chi connectivity index (χ0v) is 31.9. The topological polar surface area (TPSA) is 0 Å². The van der Waals surface area contributed by atoms with Gasteiger partial charge in [0, 0.05) is 0 Å². The second kappa shape index (κ2) is 14.2. The molecule has 11 aromatic carbocycles. The first-order valence-corrected chi connectivity index (χ1v) is 20.1. The van der Waals surface area contributed by atoms with Crippen LogP contribution in [-0.2, 0) is 0 Å². The largest absolute Gasteiger partial charge is 0.0622 e. The van der Waals surface area contributed by atoms with E-state index in [1.807, 2.05) is 0 Å². The monoisotopic (exact) mass is 734 g/mol. The molecule has 0 amide bonds. The van der Waals surface area contributed by atoms with E-state index in [1.165, 1.54) is 110 Å². The van der Waals surface area contributed by atoms with Gasteiger partial charge >= 0.3 is 0 Å². The maximum absolute atomic E-state index is 2.43. The molecule has 0 aliphatic carbocycles. The Morgan fingerprint density at radius 3 is 1.28 bits per heavy atom. The molecule has 0 atom stereocenters. The molecule has 11 aromatic rings. The predicted octanol–water partition coefficient (Wildman–Crippen LogP) is 16.3. The smallest absolute Gasteiger partial charge is 0.00199 e. The van der Waals surface area contributed by atoms with Crippen molar-refractivity contribution in [2.75, 3.05) is 0 Å². The Labute approximate surface area is 339 Å². The second-order valence-electron chi connectivity index (χ2n) is 15.2. The molecule has 0 nitrogen and oxygen atoms in total. The minimum Gasteiger partial charge on any atom is -0.0622 e. The molecule has 0 unspecified atom stereocenters. The molecule has 0 saturated carbocycles. The van der Waals surface area contributed by atoms with Crippen LogP contribution < -0.4 is 0 Å². The molecule has 11 rings (SSSR count). The van der Waals surface area contributed by atoms with Crippen molar-refractivity contribution in [2.45, 2.75) is 0 Å². The fourth-order valence-corrected chi connectivity index (χ4v) is 9.08. The van der Waals surface area contributed by atoms with Gasteiger partial charge in [-0.1, -0.05) is 206 Å². The Morgan fingerprint density at radius 2 is 0.621 bits per heavy atom. The van der Waals surface area contributed by atoms with Gasteiger partial charge in [0.2, 0.25) is 0 Å². The van der Waals surface area contributed by atoms with Gasteiger partial charge in [0.25, 0.3) is 0 Å². The molecule has 0 bridgehead atoms. The van der Waals surface area contributed by atoms with Gasteiger partial charge in [0.05, 0.1) is 0 Å². The summed E-state index contributed by atoms with van der Waals surface area (Å²) >= 11 is 0. The number of benzene rings is 11. The van der Waals surface area contributed by atoms with Crippen LogP contribution in [0.2, 0.25) is 0 Å². The summed E-state index contributed by atoms with van der Waals surface area (Å²) in [6.07, 6.45) is 0. The van der Waals surface area contributed by atoms with Crippen LogP contribution in [0.4, 0.5) is 0 Å². The number of hydrogen-bond acceptors (Lipinski definition) is 0. The van der Waals surface area contributed by atoms with Gasteiger partial charge in [0.15, 0.2) is 0 Å². The second-order valence-corrected chi connectivity index (χ2v) is 15.2. The van der Waals surface area contributed by atoms with Gasteiger partial charge in [-0.3, -0.25) is 0 Å². The fraction of sp³-hybridized carbons (Fsp3) is 0. The van der Waals surface area contributed by atoms with E-state index >= 15 is 0 Å². The number of rotatable bonds is 6. The van der Waals surface area contributed by atoms with E-state index in [1.54, 1.807) is 0 Å².